The molecule has 0 bridgehead atoms. The maximum absolute atomic E-state index is 6.29. The van der Waals surface area contributed by atoms with Crippen LogP contribution in [0.4, 0.5) is 0 Å². The highest BCUT2D eigenvalue weighted by Crippen LogP contribution is 2.64. The van der Waals surface area contributed by atoms with Crippen LogP contribution in [0.1, 0.15) is 22.3 Å². The summed E-state index contributed by atoms with van der Waals surface area (Å²) in [6.45, 7) is 0. The molecule has 33 heavy (non-hydrogen) atoms. The van der Waals surface area contributed by atoms with Gasteiger partial charge in [0.05, 0.1) is 5.41 Å². The average molecular weight is 485 g/mol. The third kappa shape index (κ3) is 2.00. The van der Waals surface area contributed by atoms with Crippen LogP contribution in [0.2, 0.25) is 0 Å². The lowest BCUT2D eigenvalue weighted by Crippen LogP contribution is -2.25. The van der Waals surface area contributed by atoms with Crippen LogP contribution in [0, 0.1) is 0 Å². The second kappa shape index (κ2) is 6.03. The molecule has 0 amide bonds. The van der Waals surface area contributed by atoms with Gasteiger partial charge in [-0.25, -0.2) is 0 Å². The summed E-state index contributed by atoms with van der Waals surface area (Å²) in [5.41, 5.74) is 12.1. The van der Waals surface area contributed by atoms with Gasteiger partial charge in [-0.05, 0) is 63.2 Å². The van der Waals surface area contributed by atoms with Gasteiger partial charge in [0.1, 0.15) is 11.2 Å². The van der Waals surface area contributed by atoms with Crippen LogP contribution in [-0.2, 0) is 5.41 Å². The molecule has 0 fully saturated rings. The number of fused-ring (bicyclic) bond motifs is 13. The van der Waals surface area contributed by atoms with Gasteiger partial charge in [-0.15, -0.1) is 0 Å². The van der Waals surface area contributed by atoms with Crippen molar-refractivity contribution in [3.8, 4) is 22.3 Å². The molecule has 2 heteroatoms. The van der Waals surface area contributed by atoms with Gasteiger partial charge in [0.25, 0.3) is 0 Å². The van der Waals surface area contributed by atoms with Crippen LogP contribution in [0.3, 0.4) is 0 Å². The van der Waals surface area contributed by atoms with E-state index in [2.05, 4.69) is 113 Å². The lowest BCUT2D eigenvalue weighted by Gasteiger charge is -2.30. The minimum absolute atomic E-state index is 0.339. The first-order valence-corrected chi connectivity index (χ1v) is 12.0. The zero-order chi connectivity index (χ0) is 21.7. The van der Waals surface area contributed by atoms with Gasteiger partial charge in [0.2, 0.25) is 0 Å². The molecule has 2 aliphatic rings. The number of hydrogen-bond acceptors (Lipinski definition) is 1. The highest BCUT2D eigenvalue weighted by atomic mass is 79.9. The Balaban J connectivity index is 1.62. The minimum Gasteiger partial charge on any atom is -0.456 e. The zero-order valence-corrected chi connectivity index (χ0v) is 19.2. The molecule has 8 rings (SSSR count). The molecule has 154 valence electrons. The van der Waals surface area contributed by atoms with Crippen LogP contribution in [0.5, 0.6) is 0 Å². The van der Waals surface area contributed by atoms with Gasteiger partial charge in [-0.3, -0.25) is 0 Å². The van der Waals surface area contributed by atoms with E-state index in [1.807, 2.05) is 6.07 Å². The Hall–Kier alpha value is -3.62. The van der Waals surface area contributed by atoms with Crippen molar-refractivity contribution in [3.63, 3.8) is 0 Å². The summed E-state index contributed by atoms with van der Waals surface area (Å²) in [5, 5.41) is 2.35. The van der Waals surface area contributed by atoms with Gasteiger partial charge in [0, 0.05) is 20.8 Å². The molecule has 6 aromatic rings. The first-order valence-electron chi connectivity index (χ1n) is 11.2. The van der Waals surface area contributed by atoms with Gasteiger partial charge in [0.15, 0.2) is 0 Å². The SMILES string of the molecule is Brc1cccc2c1-c1ccccc1C21c2ccccc2-c2cc3oc4ccccc4c3cc21. The Morgan fingerprint density at radius 1 is 0.515 bits per heavy atom. The second-order valence-electron chi connectivity index (χ2n) is 9.00. The molecular weight excluding hydrogens is 468 g/mol. The van der Waals surface area contributed by atoms with Crippen molar-refractivity contribution in [2.75, 3.05) is 0 Å². The van der Waals surface area contributed by atoms with Crippen molar-refractivity contribution in [3.05, 3.63) is 130 Å². The molecule has 1 aromatic heterocycles. The Morgan fingerprint density at radius 3 is 2.09 bits per heavy atom. The summed E-state index contributed by atoms with van der Waals surface area (Å²) in [6, 6.07) is 37.4. The van der Waals surface area contributed by atoms with Gasteiger partial charge in [-0.1, -0.05) is 94.8 Å². The topological polar surface area (TPSA) is 13.1 Å². The Bertz CT molecular complexity index is 1790. The Labute approximate surface area is 199 Å². The third-order valence-electron chi connectivity index (χ3n) is 7.56. The van der Waals surface area contributed by atoms with Crippen molar-refractivity contribution in [2.45, 2.75) is 5.41 Å². The largest absolute Gasteiger partial charge is 0.456 e. The second-order valence-corrected chi connectivity index (χ2v) is 9.85. The summed E-state index contributed by atoms with van der Waals surface area (Å²) in [4.78, 5) is 0. The maximum atomic E-state index is 6.29. The fourth-order valence-electron chi connectivity index (χ4n) is 6.36. The number of halogens is 1. The van der Waals surface area contributed by atoms with E-state index in [0.29, 0.717) is 0 Å². The fourth-order valence-corrected chi connectivity index (χ4v) is 6.94. The molecule has 0 saturated heterocycles. The summed E-state index contributed by atoms with van der Waals surface area (Å²) in [6.07, 6.45) is 0. The number of furan rings is 1. The van der Waals surface area contributed by atoms with E-state index in [1.54, 1.807) is 0 Å². The third-order valence-corrected chi connectivity index (χ3v) is 8.22. The normalized spacial score (nSPS) is 17.4. The first kappa shape index (κ1) is 17.9. The van der Waals surface area contributed by atoms with Crippen LogP contribution < -0.4 is 0 Å². The molecule has 0 radical (unpaired) electrons. The van der Waals surface area contributed by atoms with E-state index in [1.165, 1.54) is 55.3 Å². The van der Waals surface area contributed by atoms with Crippen LogP contribution >= 0.6 is 15.9 Å². The molecule has 5 aromatic carbocycles. The zero-order valence-electron chi connectivity index (χ0n) is 17.6. The molecule has 0 saturated carbocycles. The van der Waals surface area contributed by atoms with E-state index in [-0.39, 0.29) is 5.41 Å². The van der Waals surface area contributed by atoms with E-state index in [4.69, 9.17) is 4.42 Å². The highest BCUT2D eigenvalue weighted by molar-refractivity contribution is 9.10. The quantitative estimate of drug-likeness (QED) is 0.209. The van der Waals surface area contributed by atoms with E-state index in [9.17, 15) is 0 Å². The molecule has 1 nitrogen and oxygen atoms in total. The fraction of sp³-hybridized carbons (Fsp3) is 0.0323. The van der Waals surface area contributed by atoms with E-state index < -0.39 is 0 Å². The van der Waals surface area contributed by atoms with Crippen molar-refractivity contribution >= 4 is 37.9 Å². The lowest BCUT2D eigenvalue weighted by molar-refractivity contribution is 0.669. The van der Waals surface area contributed by atoms with E-state index in [0.717, 1.165) is 15.6 Å². The summed E-state index contributed by atoms with van der Waals surface area (Å²) in [5.74, 6) is 0. The molecule has 1 spiro atoms. The van der Waals surface area contributed by atoms with Crippen molar-refractivity contribution in [1.29, 1.82) is 0 Å². The van der Waals surface area contributed by atoms with Gasteiger partial charge < -0.3 is 4.42 Å². The smallest absolute Gasteiger partial charge is 0.136 e. The van der Waals surface area contributed by atoms with Gasteiger partial charge in [-0.2, -0.15) is 0 Å². The molecule has 1 atom stereocenters. The van der Waals surface area contributed by atoms with Crippen LogP contribution in [0.15, 0.2) is 112 Å². The molecular formula is C31H17BrO. The number of rotatable bonds is 0. The summed E-state index contributed by atoms with van der Waals surface area (Å²) < 4.78 is 7.44. The minimum atomic E-state index is -0.339. The first-order chi connectivity index (χ1) is 16.3. The summed E-state index contributed by atoms with van der Waals surface area (Å²) in [7, 11) is 0. The molecule has 1 unspecified atom stereocenters. The predicted molar refractivity (Wildman–Crippen MR) is 138 cm³/mol. The highest BCUT2D eigenvalue weighted by Gasteiger charge is 2.52. The average Bonchev–Trinajstić information content (AvgIpc) is 3.47. The summed E-state index contributed by atoms with van der Waals surface area (Å²) >= 11 is 3.88. The standard InChI is InChI=1S/C31H17BrO/c32-27-14-7-13-25-30(27)20-10-2-5-12-24(20)31(25)23-11-4-1-8-18(23)21-17-29-22(16-26(21)31)19-9-3-6-15-28(19)33-29/h1-17H. The molecule has 0 aliphatic heterocycles. The molecule has 1 heterocycles. The maximum Gasteiger partial charge on any atom is 0.136 e. The number of hydrogen-bond donors (Lipinski definition) is 0. The number of para-hydroxylation sites is 1. The predicted octanol–water partition coefficient (Wildman–Crippen LogP) is 8.69. The number of benzene rings is 5. The lowest BCUT2D eigenvalue weighted by atomic mass is 9.70. The van der Waals surface area contributed by atoms with Crippen LogP contribution in [-0.4, -0.2) is 0 Å². The van der Waals surface area contributed by atoms with E-state index >= 15 is 0 Å². The Kier molecular flexibility index (Phi) is 3.27. The van der Waals surface area contributed by atoms with Crippen molar-refractivity contribution < 1.29 is 4.42 Å². The van der Waals surface area contributed by atoms with Crippen molar-refractivity contribution in [1.82, 2.24) is 0 Å². The Morgan fingerprint density at radius 2 is 1.21 bits per heavy atom. The molecule has 2 aliphatic carbocycles. The van der Waals surface area contributed by atoms with Gasteiger partial charge >= 0.3 is 0 Å². The van der Waals surface area contributed by atoms with Crippen molar-refractivity contribution in [2.24, 2.45) is 0 Å². The monoisotopic (exact) mass is 484 g/mol. The van der Waals surface area contributed by atoms with Crippen LogP contribution in [0.25, 0.3) is 44.2 Å². The molecule has 0 N–H and O–H groups in total.